The third-order valence-electron chi connectivity index (χ3n) is 3.97. The van der Waals surface area contributed by atoms with Crippen molar-refractivity contribution in [1.29, 1.82) is 0 Å². The largest absolute Gasteiger partial charge is 0.360 e. The monoisotopic (exact) mass is 309 g/mol. The van der Waals surface area contributed by atoms with E-state index in [0.29, 0.717) is 22.8 Å². The molecule has 2 N–H and O–H groups in total. The number of anilines is 1. The van der Waals surface area contributed by atoms with Crippen molar-refractivity contribution in [2.45, 2.75) is 25.7 Å². The lowest BCUT2D eigenvalue weighted by molar-refractivity contribution is 0.101. The fraction of sp³-hybridized carbons (Fsp3) is 0.250. The van der Waals surface area contributed by atoms with Crippen LogP contribution >= 0.6 is 0 Å². The predicted molar refractivity (Wildman–Crippen MR) is 82.9 cm³/mol. The number of carbonyl (C=O) groups excluding carboxylic acids is 1. The van der Waals surface area contributed by atoms with Crippen molar-refractivity contribution in [3.63, 3.8) is 0 Å². The van der Waals surface area contributed by atoms with E-state index >= 15 is 0 Å². The Hall–Kier alpha value is -2.96. The summed E-state index contributed by atoms with van der Waals surface area (Å²) in [5.74, 6) is 0.550. The number of carbonyl (C=O) groups is 1. The van der Waals surface area contributed by atoms with Crippen molar-refractivity contribution in [2.24, 2.45) is 0 Å². The van der Waals surface area contributed by atoms with E-state index in [1.54, 1.807) is 12.4 Å². The van der Waals surface area contributed by atoms with E-state index < -0.39 is 0 Å². The molecule has 0 aliphatic heterocycles. The molecule has 116 valence electrons. The van der Waals surface area contributed by atoms with Gasteiger partial charge in [0.15, 0.2) is 5.69 Å². The number of fused-ring (bicyclic) bond motifs is 1. The van der Waals surface area contributed by atoms with Gasteiger partial charge in [0.05, 0.1) is 17.6 Å². The second kappa shape index (κ2) is 5.68. The van der Waals surface area contributed by atoms with E-state index in [2.05, 4.69) is 25.7 Å². The molecule has 0 radical (unpaired) electrons. The zero-order chi connectivity index (χ0) is 15.6. The summed E-state index contributed by atoms with van der Waals surface area (Å²) in [5, 5.41) is 13.7. The number of nitrogens with one attached hydrogen (secondary N) is 2. The van der Waals surface area contributed by atoms with Crippen LogP contribution in [0, 0.1) is 0 Å². The number of pyridine rings is 1. The minimum Gasteiger partial charge on any atom is -0.360 e. The third-order valence-corrected chi connectivity index (χ3v) is 3.97. The molecule has 0 saturated heterocycles. The number of H-pyrrole nitrogens is 1. The summed E-state index contributed by atoms with van der Waals surface area (Å²) >= 11 is 0. The number of aromatic nitrogens is 4. The van der Waals surface area contributed by atoms with Gasteiger partial charge >= 0.3 is 0 Å². The maximum absolute atomic E-state index is 12.5. The number of amides is 1. The highest BCUT2D eigenvalue weighted by molar-refractivity contribution is 6.05. The zero-order valence-corrected chi connectivity index (χ0v) is 12.4. The van der Waals surface area contributed by atoms with Crippen molar-refractivity contribution < 1.29 is 9.32 Å². The fourth-order valence-electron chi connectivity index (χ4n) is 2.83. The molecule has 23 heavy (non-hydrogen) atoms. The van der Waals surface area contributed by atoms with Crippen LogP contribution in [-0.4, -0.2) is 26.2 Å². The quantitative estimate of drug-likeness (QED) is 0.775. The Labute approximate surface area is 132 Å². The lowest BCUT2D eigenvalue weighted by Crippen LogP contribution is -2.15. The van der Waals surface area contributed by atoms with Crippen molar-refractivity contribution in [2.75, 3.05) is 5.32 Å². The van der Waals surface area contributed by atoms with Crippen LogP contribution in [0.4, 0.5) is 5.69 Å². The topological polar surface area (TPSA) is 96.7 Å². The van der Waals surface area contributed by atoms with Crippen molar-refractivity contribution >= 4 is 11.6 Å². The molecule has 1 aliphatic carbocycles. The van der Waals surface area contributed by atoms with Gasteiger partial charge in [-0.05, 0) is 31.4 Å². The number of hydrogen-bond donors (Lipinski definition) is 2. The lowest BCUT2D eigenvalue weighted by atomic mass is 9.96. The zero-order valence-electron chi connectivity index (χ0n) is 12.4. The number of aromatic amines is 1. The van der Waals surface area contributed by atoms with Gasteiger partial charge in [0.2, 0.25) is 0 Å². The van der Waals surface area contributed by atoms with Gasteiger partial charge in [0.1, 0.15) is 11.5 Å². The summed E-state index contributed by atoms with van der Waals surface area (Å²) in [7, 11) is 0. The van der Waals surface area contributed by atoms with Crippen LogP contribution < -0.4 is 5.32 Å². The van der Waals surface area contributed by atoms with Crippen LogP contribution in [0.3, 0.4) is 0 Å². The second-order valence-electron chi connectivity index (χ2n) is 5.47. The second-order valence-corrected chi connectivity index (χ2v) is 5.47. The summed E-state index contributed by atoms with van der Waals surface area (Å²) in [4.78, 5) is 16.8. The SMILES string of the molecule is O=C(Nc1cn[nH]c1-c1ccccn1)c1noc2c1CCCC2. The summed E-state index contributed by atoms with van der Waals surface area (Å²) < 4.78 is 5.30. The van der Waals surface area contributed by atoms with E-state index in [1.165, 1.54) is 0 Å². The van der Waals surface area contributed by atoms with E-state index in [9.17, 15) is 4.79 Å². The molecule has 0 spiro atoms. The van der Waals surface area contributed by atoms with Gasteiger partial charge in [-0.15, -0.1) is 0 Å². The first-order valence-electron chi connectivity index (χ1n) is 7.56. The summed E-state index contributed by atoms with van der Waals surface area (Å²) in [6.07, 6.45) is 7.07. The maximum Gasteiger partial charge on any atom is 0.278 e. The van der Waals surface area contributed by atoms with E-state index in [4.69, 9.17) is 4.52 Å². The average Bonchev–Trinajstić information content (AvgIpc) is 3.22. The summed E-state index contributed by atoms with van der Waals surface area (Å²) in [6.45, 7) is 0. The molecule has 0 aromatic carbocycles. The summed E-state index contributed by atoms with van der Waals surface area (Å²) in [6, 6.07) is 5.56. The smallest absolute Gasteiger partial charge is 0.278 e. The summed E-state index contributed by atoms with van der Waals surface area (Å²) in [5.41, 5.74) is 3.24. The molecule has 7 nitrogen and oxygen atoms in total. The van der Waals surface area contributed by atoms with Gasteiger partial charge in [0.25, 0.3) is 5.91 Å². The molecule has 0 bridgehead atoms. The molecule has 7 heteroatoms. The van der Waals surface area contributed by atoms with Crippen LogP contribution in [0.1, 0.15) is 34.7 Å². The van der Waals surface area contributed by atoms with Gasteiger partial charge in [-0.2, -0.15) is 5.10 Å². The van der Waals surface area contributed by atoms with Crippen molar-refractivity contribution in [3.8, 4) is 11.4 Å². The van der Waals surface area contributed by atoms with Crippen LogP contribution in [-0.2, 0) is 12.8 Å². The molecule has 0 unspecified atom stereocenters. The van der Waals surface area contributed by atoms with Crippen molar-refractivity contribution in [3.05, 3.63) is 47.6 Å². The normalized spacial score (nSPS) is 13.6. The Morgan fingerprint density at radius 1 is 1.26 bits per heavy atom. The van der Waals surface area contributed by atoms with Gasteiger partial charge in [-0.3, -0.25) is 14.9 Å². The van der Waals surface area contributed by atoms with Gasteiger partial charge in [-0.1, -0.05) is 11.2 Å². The first kappa shape index (κ1) is 13.7. The van der Waals surface area contributed by atoms with Crippen LogP contribution in [0.5, 0.6) is 0 Å². The molecule has 1 amide bonds. The molecule has 0 saturated carbocycles. The van der Waals surface area contributed by atoms with Gasteiger partial charge < -0.3 is 9.84 Å². The molecule has 3 heterocycles. The Kier molecular flexibility index (Phi) is 3.38. The van der Waals surface area contributed by atoms with Gasteiger partial charge in [0, 0.05) is 18.2 Å². The molecule has 1 aliphatic rings. The predicted octanol–water partition coefficient (Wildman–Crippen LogP) is 2.59. The van der Waals surface area contributed by atoms with Gasteiger partial charge in [-0.25, -0.2) is 0 Å². The Morgan fingerprint density at radius 3 is 3.04 bits per heavy atom. The third kappa shape index (κ3) is 2.50. The molecule has 4 rings (SSSR count). The highest BCUT2D eigenvalue weighted by Crippen LogP contribution is 2.27. The molecule has 0 atom stereocenters. The van der Waals surface area contributed by atoms with E-state index in [0.717, 1.165) is 37.0 Å². The standard InChI is InChI=1S/C16H15N5O2/c22-16(14-10-5-1-2-7-13(10)23-21-14)19-12-9-18-20-15(12)11-6-3-4-8-17-11/h3-4,6,8-9H,1-2,5,7H2,(H,18,20)(H,19,22). The van der Waals surface area contributed by atoms with E-state index in [-0.39, 0.29) is 5.91 Å². The fourth-order valence-corrected chi connectivity index (χ4v) is 2.83. The first-order chi connectivity index (χ1) is 11.3. The first-order valence-corrected chi connectivity index (χ1v) is 7.56. The Bertz CT molecular complexity index is 837. The van der Waals surface area contributed by atoms with Crippen LogP contribution in [0.2, 0.25) is 0 Å². The number of rotatable bonds is 3. The highest BCUT2D eigenvalue weighted by Gasteiger charge is 2.24. The number of hydrogen-bond acceptors (Lipinski definition) is 5. The average molecular weight is 309 g/mol. The molecular weight excluding hydrogens is 294 g/mol. The number of aryl methyl sites for hydroxylation is 1. The molecule has 3 aromatic heterocycles. The Morgan fingerprint density at radius 2 is 2.17 bits per heavy atom. The maximum atomic E-state index is 12.5. The Balaban J connectivity index is 1.61. The minimum atomic E-state index is -0.282. The van der Waals surface area contributed by atoms with Crippen molar-refractivity contribution in [1.82, 2.24) is 20.3 Å². The van der Waals surface area contributed by atoms with Crippen LogP contribution in [0.15, 0.2) is 35.1 Å². The molecule has 3 aromatic rings. The molecule has 0 fully saturated rings. The molecular formula is C16H15N5O2. The minimum absolute atomic E-state index is 0.282. The van der Waals surface area contributed by atoms with Crippen LogP contribution in [0.25, 0.3) is 11.4 Å². The number of nitrogens with zero attached hydrogens (tertiary/aromatic N) is 3. The van der Waals surface area contributed by atoms with E-state index in [1.807, 2.05) is 18.2 Å². The lowest BCUT2D eigenvalue weighted by Gasteiger charge is -2.09. The highest BCUT2D eigenvalue weighted by atomic mass is 16.5.